The molecule has 0 aliphatic rings. The first kappa shape index (κ1) is 14.4. The van der Waals surface area contributed by atoms with Gasteiger partial charge in [-0.3, -0.25) is 14.8 Å². The number of aromatic nitrogens is 2. The molecule has 0 saturated carbocycles. The smallest absolute Gasteiger partial charge is 0.295 e. The summed E-state index contributed by atoms with van der Waals surface area (Å²) in [7, 11) is 1.80. The monoisotopic (exact) mass is 342 g/mol. The molecule has 0 aliphatic carbocycles. The number of hydrogen-bond acceptors (Lipinski definition) is 4. The number of nitro groups is 1. The summed E-state index contributed by atoms with van der Waals surface area (Å²) in [6.07, 6.45) is 1.83. The van der Waals surface area contributed by atoms with Crippen molar-refractivity contribution >= 4 is 27.3 Å². The number of halogens is 2. The van der Waals surface area contributed by atoms with E-state index in [0.717, 1.165) is 17.3 Å². The van der Waals surface area contributed by atoms with Crippen LogP contribution < -0.4 is 5.32 Å². The van der Waals surface area contributed by atoms with Crippen LogP contribution in [0.5, 0.6) is 0 Å². The lowest BCUT2D eigenvalue weighted by Gasteiger charge is -2.07. The highest BCUT2D eigenvalue weighted by Crippen LogP contribution is 2.30. The molecule has 0 unspecified atom stereocenters. The van der Waals surface area contributed by atoms with Gasteiger partial charge in [0.15, 0.2) is 0 Å². The van der Waals surface area contributed by atoms with Gasteiger partial charge in [0.2, 0.25) is 0 Å². The number of hydrogen-bond donors (Lipinski definition) is 1. The molecule has 2 rings (SSSR count). The van der Waals surface area contributed by atoms with Gasteiger partial charge in [0.05, 0.1) is 21.2 Å². The molecule has 0 atom stereocenters. The summed E-state index contributed by atoms with van der Waals surface area (Å²) >= 11 is 3.02. The maximum atomic E-state index is 13.4. The van der Waals surface area contributed by atoms with Gasteiger partial charge < -0.3 is 5.32 Å². The topological polar surface area (TPSA) is 73.0 Å². The second-order valence-corrected chi connectivity index (χ2v) is 5.16. The van der Waals surface area contributed by atoms with E-state index in [2.05, 4.69) is 26.3 Å². The highest BCUT2D eigenvalue weighted by atomic mass is 79.9. The van der Waals surface area contributed by atoms with Crippen LogP contribution in [0.15, 0.2) is 22.8 Å². The van der Waals surface area contributed by atoms with Crippen molar-refractivity contribution in [3.05, 3.63) is 50.0 Å². The first-order valence-electron chi connectivity index (χ1n) is 5.75. The molecule has 0 amide bonds. The molecule has 0 spiro atoms. The molecule has 0 fully saturated rings. The molecule has 1 N–H and O–H groups in total. The van der Waals surface area contributed by atoms with Gasteiger partial charge in [-0.05, 0) is 28.9 Å². The Balaban J connectivity index is 2.27. The minimum absolute atomic E-state index is 0.175. The quantitative estimate of drug-likeness (QED) is 0.684. The van der Waals surface area contributed by atoms with Gasteiger partial charge in [0.1, 0.15) is 11.5 Å². The van der Waals surface area contributed by atoms with Crippen LogP contribution in [0.2, 0.25) is 0 Å². The summed E-state index contributed by atoms with van der Waals surface area (Å²) in [5, 5.41) is 18.1. The highest BCUT2D eigenvalue weighted by Gasteiger charge is 2.17. The summed E-state index contributed by atoms with van der Waals surface area (Å²) in [5.41, 5.74) is 1.71. The first-order valence-corrected chi connectivity index (χ1v) is 6.54. The highest BCUT2D eigenvalue weighted by molar-refractivity contribution is 9.10. The minimum Gasteiger partial charge on any atom is -0.375 e. The Bertz CT molecular complexity index is 672. The Morgan fingerprint density at radius 1 is 1.55 bits per heavy atom. The van der Waals surface area contributed by atoms with Gasteiger partial charge in [0, 0.05) is 25.4 Å². The molecule has 20 heavy (non-hydrogen) atoms. The van der Waals surface area contributed by atoms with Gasteiger partial charge >= 0.3 is 0 Å². The Hall–Kier alpha value is -1.96. The van der Waals surface area contributed by atoms with Crippen LogP contribution in [0.4, 0.5) is 15.8 Å². The van der Waals surface area contributed by atoms with Crippen molar-refractivity contribution in [3.8, 4) is 0 Å². The fraction of sp³-hybridized carbons (Fsp3) is 0.250. The molecular weight excluding hydrogens is 331 g/mol. The average molecular weight is 343 g/mol. The summed E-state index contributed by atoms with van der Waals surface area (Å²) in [6.45, 7) is 2.23. The Kier molecular flexibility index (Phi) is 4.03. The number of nitrogens with zero attached hydrogens (tertiary/aromatic N) is 3. The van der Waals surface area contributed by atoms with Crippen LogP contribution in [-0.2, 0) is 13.6 Å². The predicted molar refractivity (Wildman–Crippen MR) is 76.0 cm³/mol. The van der Waals surface area contributed by atoms with E-state index in [9.17, 15) is 14.5 Å². The van der Waals surface area contributed by atoms with Gasteiger partial charge in [-0.25, -0.2) is 4.39 Å². The van der Waals surface area contributed by atoms with Crippen molar-refractivity contribution in [1.82, 2.24) is 9.78 Å². The molecule has 8 heteroatoms. The number of aryl methyl sites for hydroxylation is 2. The number of benzene rings is 1. The first-order chi connectivity index (χ1) is 9.38. The zero-order chi connectivity index (χ0) is 14.9. The van der Waals surface area contributed by atoms with E-state index >= 15 is 0 Å². The molecule has 1 aromatic heterocycles. The fourth-order valence-corrected chi connectivity index (χ4v) is 2.19. The van der Waals surface area contributed by atoms with Gasteiger partial charge in [0.25, 0.3) is 5.69 Å². The third-order valence-electron chi connectivity index (χ3n) is 2.82. The second kappa shape index (κ2) is 5.58. The van der Waals surface area contributed by atoms with Crippen molar-refractivity contribution in [3.63, 3.8) is 0 Å². The Morgan fingerprint density at radius 2 is 2.25 bits per heavy atom. The van der Waals surface area contributed by atoms with Crippen LogP contribution in [0.3, 0.4) is 0 Å². The van der Waals surface area contributed by atoms with E-state index in [1.165, 1.54) is 6.07 Å². The maximum Gasteiger partial charge on any atom is 0.295 e. The van der Waals surface area contributed by atoms with E-state index < -0.39 is 10.7 Å². The molecule has 0 bridgehead atoms. The predicted octanol–water partition coefficient (Wildman–Crippen LogP) is 3.15. The Morgan fingerprint density at radius 3 is 2.80 bits per heavy atom. The molecule has 1 aromatic carbocycles. The second-order valence-electron chi connectivity index (χ2n) is 4.31. The molecule has 0 saturated heterocycles. The normalized spacial score (nSPS) is 10.6. The minimum atomic E-state index is -0.667. The molecule has 0 aliphatic heterocycles. The van der Waals surface area contributed by atoms with Gasteiger partial charge in [-0.1, -0.05) is 0 Å². The van der Waals surface area contributed by atoms with Crippen molar-refractivity contribution in [1.29, 1.82) is 0 Å². The van der Waals surface area contributed by atoms with Crippen LogP contribution in [0, 0.1) is 22.9 Å². The van der Waals surface area contributed by atoms with E-state index in [4.69, 9.17) is 0 Å². The van der Waals surface area contributed by atoms with Crippen LogP contribution in [0.25, 0.3) is 0 Å². The third-order valence-corrected chi connectivity index (χ3v) is 3.43. The van der Waals surface area contributed by atoms with Crippen LogP contribution in [0.1, 0.15) is 11.3 Å². The largest absolute Gasteiger partial charge is 0.375 e. The number of nitrogens with one attached hydrogen (secondary N) is 1. The molecule has 2 aromatic rings. The van der Waals surface area contributed by atoms with Crippen molar-refractivity contribution in [2.75, 3.05) is 5.32 Å². The molecular formula is C12H12BrFN4O2. The van der Waals surface area contributed by atoms with E-state index in [1.54, 1.807) is 11.7 Å². The van der Waals surface area contributed by atoms with Crippen molar-refractivity contribution in [2.45, 2.75) is 13.5 Å². The van der Waals surface area contributed by atoms with Gasteiger partial charge in [-0.2, -0.15) is 5.10 Å². The lowest BCUT2D eigenvalue weighted by Crippen LogP contribution is -2.04. The van der Waals surface area contributed by atoms with Crippen molar-refractivity contribution < 1.29 is 9.31 Å². The zero-order valence-electron chi connectivity index (χ0n) is 10.9. The lowest BCUT2D eigenvalue weighted by atomic mass is 10.2. The molecule has 1 heterocycles. The van der Waals surface area contributed by atoms with Gasteiger partial charge in [-0.15, -0.1) is 0 Å². The zero-order valence-corrected chi connectivity index (χ0v) is 12.4. The number of anilines is 1. The van der Waals surface area contributed by atoms with Crippen LogP contribution in [-0.4, -0.2) is 14.7 Å². The summed E-state index contributed by atoms with van der Waals surface area (Å²) in [4.78, 5) is 10.3. The van der Waals surface area contributed by atoms with Crippen molar-refractivity contribution in [2.24, 2.45) is 7.05 Å². The standard InChI is InChI=1S/C12H12BrFN4O2/c1-7-8(6-17(2)16-7)5-15-11-3-9(13)10(14)4-12(11)18(19)20/h3-4,6,15H,5H2,1-2H3. The number of nitro benzene ring substituents is 1. The van der Waals surface area contributed by atoms with E-state index in [-0.39, 0.29) is 15.8 Å². The Labute approximate surface area is 122 Å². The molecule has 106 valence electrons. The lowest BCUT2D eigenvalue weighted by molar-refractivity contribution is -0.384. The van der Waals surface area contributed by atoms with E-state index in [1.807, 2.05) is 13.1 Å². The maximum absolute atomic E-state index is 13.4. The summed E-state index contributed by atoms with van der Waals surface area (Å²) in [5.74, 6) is -0.667. The molecule has 6 nitrogen and oxygen atoms in total. The fourth-order valence-electron chi connectivity index (χ4n) is 1.84. The third kappa shape index (κ3) is 2.96. The SMILES string of the molecule is Cc1nn(C)cc1CNc1cc(Br)c(F)cc1[N+](=O)[O-]. The number of rotatable bonds is 4. The molecule has 0 radical (unpaired) electrons. The van der Waals surface area contributed by atoms with E-state index in [0.29, 0.717) is 6.54 Å². The van der Waals surface area contributed by atoms with Crippen LogP contribution >= 0.6 is 15.9 Å². The average Bonchev–Trinajstić information content (AvgIpc) is 2.68. The summed E-state index contributed by atoms with van der Waals surface area (Å²) in [6, 6.07) is 2.25. The summed E-state index contributed by atoms with van der Waals surface area (Å²) < 4.78 is 15.2.